The molecule has 3 aliphatic rings. The first-order valence-electron chi connectivity index (χ1n) is 6.77. The maximum Gasteiger partial charge on any atom is 0.322 e. The summed E-state index contributed by atoms with van der Waals surface area (Å²) in [6.07, 6.45) is 0.859. The number of carbonyl (C=O) groups excluding carboxylic acids is 3. The predicted molar refractivity (Wildman–Crippen MR) is 67.5 cm³/mol. The molecule has 3 aliphatic heterocycles. The van der Waals surface area contributed by atoms with Crippen LogP contribution in [0.2, 0.25) is 0 Å². The van der Waals surface area contributed by atoms with E-state index in [1.165, 1.54) is 0 Å². The number of ether oxygens (including phenoxy) is 1. The summed E-state index contributed by atoms with van der Waals surface area (Å²) in [6, 6.07) is -0.714. The second kappa shape index (κ2) is 4.71. The molecule has 3 fully saturated rings. The Bertz CT molecular complexity index is 458. The van der Waals surface area contributed by atoms with Crippen molar-refractivity contribution in [2.24, 2.45) is 11.7 Å². The van der Waals surface area contributed by atoms with E-state index in [4.69, 9.17) is 10.5 Å². The van der Waals surface area contributed by atoms with Gasteiger partial charge in [-0.05, 0) is 12.8 Å². The number of amides is 4. The van der Waals surface area contributed by atoms with E-state index in [1.54, 1.807) is 4.90 Å². The summed E-state index contributed by atoms with van der Waals surface area (Å²) < 4.78 is 5.21. The van der Waals surface area contributed by atoms with Crippen LogP contribution in [0.1, 0.15) is 12.8 Å². The molecule has 0 aromatic heterocycles. The van der Waals surface area contributed by atoms with E-state index in [-0.39, 0.29) is 23.8 Å². The SMILES string of the molecule is NC1COCC1C(=O)N1CCC2(CC1)NC(=O)NC2=O. The van der Waals surface area contributed by atoms with Crippen LogP contribution >= 0.6 is 0 Å². The lowest BCUT2D eigenvalue weighted by molar-refractivity contribution is -0.139. The standard InChI is InChI=1S/C12H18N4O4/c13-8-6-20-5-7(8)9(17)16-3-1-12(2-4-16)10(18)14-11(19)15-12/h7-8H,1-6,13H2,(H2,14,15,18,19). The lowest BCUT2D eigenvalue weighted by Crippen LogP contribution is -2.57. The number of rotatable bonds is 1. The fraction of sp³-hybridized carbons (Fsp3) is 0.750. The van der Waals surface area contributed by atoms with Gasteiger partial charge in [-0.1, -0.05) is 0 Å². The van der Waals surface area contributed by atoms with Gasteiger partial charge in [-0.25, -0.2) is 4.79 Å². The highest BCUT2D eigenvalue weighted by Gasteiger charge is 2.49. The van der Waals surface area contributed by atoms with Crippen molar-refractivity contribution >= 4 is 17.8 Å². The van der Waals surface area contributed by atoms with E-state index >= 15 is 0 Å². The second-order valence-corrected chi connectivity index (χ2v) is 5.62. The zero-order valence-electron chi connectivity index (χ0n) is 11.1. The number of nitrogens with two attached hydrogens (primary N) is 1. The van der Waals surface area contributed by atoms with Gasteiger partial charge >= 0.3 is 6.03 Å². The molecule has 0 aromatic carbocycles. The Kier molecular flexibility index (Phi) is 3.14. The van der Waals surface area contributed by atoms with Crippen LogP contribution < -0.4 is 16.4 Å². The van der Waals surface area contributed by atoms with Gasteiger partial charge in [0.1, 0.15) is 5.54 Å². The van der Waals surface area contributed by atoms with Crippen molar-refractivity contribution in [1.82, 2.24) is 15.5 Å². The molecule has 4 amide bonds. The number of urea groups is 1. The molecule has 110 valence electrons. The highest BCUT2D eigenvalue weighted by atomic mass is 16.5. The number of hydrogen-bond acceptors (Lipinski definition) is 5. The summed E-state index contributed by atoms with van der Waals surface area (Å²) in [6.45, 7) is 1.65. The predicted octanol–water partition coefficient (Wildman–Crippen LogP) is -1.84. The minimum Gasteiger partial charge on any atom is -0.379 e. The van der Waals surface area contributed by atoms with Crippen LogP contribution in [-0.2, 0) is 14.3 Å². The van der Waals surface area contributed by atoms with Crippen LogP contribution in [0.3, 0.4) is 0 Å². The molecule has 0 bridgehead atoms. The quantitative estimate of drug-likeness (QED) is 0.489. The summed E-state index contributed by atoms with van der Waals surface area (Å²) >= 11 is 0. The van der Waals surface area contributed by atoms with Crippen LogP contribution in [0, 0.1) is 5.92 Å². The van der Waals surface area contributed by atoms with Gasteiger partial charge in [0, 0.05) is 19.1 Å². The molecular formula is C12H18N4O4. The normalized spacial score (nSPS) is 32.4. The molecule has 1 spiro atoms. The van der Waals surface area contributed by atoms with E-state index < -0.39 is 11.6 Å². The van der Waals surface area contributed by atoms with Crippen molar-refractivity contribution in [3.8, 4) is 0 Å². The lowest BCUT2D eigenvalue weighted by atomic mass is 9.87. The first-order valence-corrected chi connectivity index (χ1v) is 6.77. The molecule has 8 nitrogen and oxygen atoms in total. The first kappa shape index (κ1) is 13.3. The highest BCUT2D eigenvalue weighted by molar-refractivity contribution is 6.07. The molecule has 2 atom stereocenters. The summed E-state index contributed by atoms with van der Waals surface area (Å²) in [5.41, 5.74) is 5.00. The molecular weight excluding hydrogens is 264 g/mol. The van der Waals surface area contributed by atoms with Crippen molar-refractivity contribution in [3.63, 3.8) is 0 Å². The molecule has 8 heteroatoms. The Morgan fingerprint density at radius 1 is 1.30 bits per heavy atom. The zero-order chi connectivity index (χ0) is 14.3. The van der Waals surface area contributed by atoms with Crippen LogP contribution in [0.5, 0.6) is 0 Å². The molecule has 20 heavy (non-hydrogen) atoms. The Labute approximate surface area is 116 Å². The summed E-state index contributed by atoms with van der Waals surface area (Å²) in [5.74, 6) is -0.610. The van der Waals surface area contributed by atoms with Gasteiger partial charge in [0.25, 0.3) is 5.91 Å². The third-order valence-electron chi connectivity index (χ3n) is 4.38. The van der Waals surface area contributed by atoms with Gasteiger partial charge in [0.15, 0.2) is 0 Å². The average molecular weight is 282 g/mol. The largest absolute Gasteiger partial charge is 0.379 e. The molecule has 3 rings (SSSR count). The van der Waals surface area contributed by atoms with Crippen molar-refractivity contribution in [2.75, 3.05) is 26.3 Å². The number of hydrogen-bond donors (Lipinski definition) is 3. The third-order valence-corrected chi connectivity index (χ3v) is 4.38. The topological polar surface area (TPSA) is 114 Å². The average Bonchev–Trinajstić information content (AvgIpc) is 2.95. The zero-order valence-corrected chi connectivity index (χ0v) is 11.1. The van der Waals surface area contributed by atoms with Crippen LogP contribution in [-0.4, -0.2) is 60.6 Å². The Morgan fingerprint density at radius 3 is 2.50 bits per heavy atom. The minimum atomic E-state index is -0.845. The molecule has 3 heterocycles. The van der Waals surface area contributed by atoms with Gasteiger partial charge in [0.05, 0.1) is 19.1 Å². The fourth-order valence-corrected chi connectivity index (χ4v) is 3.05. The third kappa shape index (κ3) is 2.04. The second-order valence-electron chi connectivity index (χ2n) is 5.62. The van der Waals surface area contributed by atoms with Gasteiger partial charge < -0.3 is 20.7 Å². The van der Waals surface area contributed by atoms with Crippen LogP contribution in [0.15, 0.2) is 0 Å². The Balaban J connectivity index is 1.63. The number of carbonyl (C=O) groups is 3. The van der Waals surface area contributed by atoms with Crippen LogP contribution in [0.25, 0.3) is 0 Å². The number of likely N-dealkylation sites (tertiary alicyclic amines) is 1. The fourth-order valence-electron chi connectivity index (χ4n) is 3.05. The van der Waals surface area contributed by atoms with Gasteiger partial charge in [-0.3, -0.25) is 14.9 Å². The monoisotopic (exact) mass is 282 g/mol. The Morgan fingerprint density at radius 2 is 2.00 bits per heavy atom. The van der Waals surface area contributed by atoms with E-state index in [0.29, 0.717) is 39.1 Å². The molecule has 4 N–H and O–H groups in total. The number of nitrogens with zero attached hydrogens (tertiary/aromatic N) is 1. The minimum absolute atomic E-state index is 0.0189. The van der Waals surface area contributed by atoms with E-state index in [9.17, 15) is 14.4 Å². The van der Waals surface area contributed by atoms with Crippen molar-refractivity contribution in [2.45, 2.75) is 24.4 Å². The maximum absolute atomic E-state index is 12.3. The van der Waals surface area contributed by atoms with E-state index in [0.717, 1.165) is 0 Å². The summed E-state index contributed by atoms with van der Waals surface area (Å²) in [5, 5.41) is 4.92. The van der Waals surface area contributed by atoms with Crippen molar-refractivity contribution in [3.05, 3.63) is 0 Å². The molecule has 0 aliphatic carbocycles. The van der Waals surface area contributed by atoms with Crippen molar-refractivity contribution in [1.29, 1.82) is 0 Å². The smallest absolute Gasteiger partial charge is 0.322 e. The molecule has 2 unspecified atom stereocenters. The first-order chi connectivity index (χ1) is 9.52. The number of imide groups is 1. The van der Waals surface area contributed by atoms with Gasteiger partial charge in [-0.2, -0.15) is 0 Å². The molecule has 3 saturated heterocycles. The molecule has 0 saturated carbocycles. The summed E-state index contributed by atoms with van der Waals surface area (Å²) in [4.78, 5) is 37.1. The Hall–Kier alpha value is -1.67. The summed E-state index contributed by atoms with van der Waals surface area (Å²) in [7, 11) is 0. The van der Waals surface area contributed by atoms with Gasteiger partial charge in [0.2, 0.25) is 5.91 Å². The van der Waals surface area contributed by atoms with Gasteiger partial charge in [-0.15, -0.1) is 0 Å². The highest BCUT2D eigenvalue weighted by Crippen LogP contribution is 2.27. The molecule has 0 radical (unpaired) electrons. The number of nitrogens with one attached hydrogen (secondary N) is 2. The lowest BCUT2D eigenvalue weighted by Gasteiger charge is -2.38. The van der Waals surface area contributed by atoms with Crippen molar-refractivity contribution < 1.29 is 19.1 Å². The molecule has 0 aromatic rings. The van der Waals surface area contributed by atoms with E-state index in [2.05, 4.69) is 10.6 Å². The van der Waals surface area contributed by atoms with Crippen LogP contribution in [0.4, 0.5) is 4.79 Å². The van der Waals surface area contributed by atoms with E-state index in [1.807, 2.05) is 0 Å². The number of piperidine rings is 1. The maximum atomic E-state index is 12.3.